The Morgan fingerprint density at radius 1 is 1.85 bits per heavy atom. The molecule has 0 aromatic carbocycles. The number of rotatable bonds is 1. The molecule has 0 aliphatic carbocycles. The summed E-state index contributed by atoms with van der Waals surface area (Å²) in [5.74, 6) is 0.438. The van der Waals surface area contributed by atoms with Crippen molar-refractivity contribution in [2.24, 2.45) is 0 Å². The van der Waals surface area contributed by atoms with Crippen LogP contribution in [0.25, 0.3) is 0 Å². The van der Waals surface area contributed by atoms with Gasteiger partial charge in [-0.3, -0.25) is 4.79 Å². The minimum absolute atomic E-state index is 0.218. The lowest BCUT2D eigenvalue weighted by Crippen LogP contribution is -2.33. The molecular formula is C8H10N2O3. The number of carbonyl (C=O) groups excluding carboxylic acids is 1. The van der Waals surface area contributed by atoms with Crippen molar-refractivity contribution in [2.45, 2.75) is 19.6 Å². The fourth-order valence-electron chi connectivity index (χ4n) is 1.31. The van der Waals surface area contributed by atoms with Crippen molar-refractivity contribution >= 4 is 5.97 Å². The molecule has 0 unspecified atom stereocenters. The van der Waals surface area contributed by atoms with Gasteiger partial charge in [0.1, 0.15) is 6.61 Å². The van der Waals surface area contributed by atoms with E-state index in [2.05, 4.69) is 5.10 Å². The number of ether oxygens (including phenoxy) is 2. The van der Waals surface area contributed by atoms with Crippen LogP contribution in [0.2, 0.25) is 0 Å². The Labute approximate surface area is 75.2 Å². The molecule has 0 saturated heterocycles. The molecule has 1 atom stereocenters. The molecule has 1 aliphatic rings. The van der Waals surface area contributed by atoms with Gasteiger partial charge in [-0.25, -0.2) is 4.68 Å². The Bertz CT molecular complexity index is 321. The van der Waals surface area contributed by atoms with Crippen LogP contribution in [-0.4, -0.2) is 28.5 Å². The third kappa shape index (κ3) is 1.63. The second-order valence-corrected chi connectivity index (χ2v) is 2.89. The molecule has 0 saturated carbocycles. The van der Waals surface area contributed by atoms with Gasteiger partial charge < -0.3 is 9.47 Å². The van der Waals surface area contributed by atoms with Crippen LogP contribution in [-0.2, 0) is 16.1 Å². The van der Waals surface area contributed by atoms with Crippen molar-refractivity contribution in [3.63, 3.8) is 0 Å². The van der Waals surface area contributed by atoms with Crippen LogP contribution in [0.4, 0.5) is 0 Å². The molecule has 13 heavy (non-hydrogen) atoms. The third-order valence-corrected chi connectivity index (χ3v) is 1.80. The summed E-state index contributed by atoms with van der Waals surface area (Å²) >= 11 is 0. The predicted molar refractivity (Wildman–Crippen MR) is 43.3 cm³/mol. The molecule has 2 heterocycles. The van der Waals surface area contributed by atoms with Crippen molar-refractivity contribution < 1.29 is 14.3 Å². The number of hydrogen-bond acceptors (Lipinski definition) is 4. The van der Waals surface area contributed by atoms with Gasteiger partial charge in [0.15, 0.2) is 6.10 Å². The van der Waals surface area contributed by atoms with Crippen LogP contribution in [0.1, 0.15) is 6.92 Å². The zero-order valence-electron chi connectivity index (χ0n) is 7.27. The fourth-order valence-corrected chi connectivity index (χ4v) is 1.31. The highest BCUT2D eigenvalue weighted by Gasteiger charge is 2.21. The summed E-state index contributed by atoms with van der Waals surface area (Å²) in [6.07, 6.45) is 1.44. The summed E-state index contributed by atoms with van der Waals surface area (Å²) in [5.41, 5.74) is 0. The molecule has 0 bridgehead atoms. The molecule has 0 N–H and O–H groups in total. The zero-order chi connectivity index (χ0) is 9.26. The molecular weight excluding hydrogens is 172 g/mol. The van der Waals surface area contributed by atoms with Gasteiger partial charge in [-0.1, -0.05) is 0 Å². The normalized spacial score (nSPS) is 20.2. The van der Waals surface area contributed by atoms with Gasteiger partial charge in [-0.2, -0.15) is 5.10 Å². The average Bonchev–Trinajstić information content (AvgIpc) is 2.49. The van der Waals surface area contributed by atoms with E-state index in [-0.39, 0.29) is 12.1 Å². The first-order valence-corrected chi connectivity index (χ1v) is 4.07. The highest BCUT2D eigenvalue weighted by molar-refractivity contribution is 5.66. The van der Waals surface area contributed by atoms with Gasteiger partial charge in [-0.15, -0.1) is 0 Å². The Kier molecular flexibility index (Phi) is 1.92. The number of nitrogens with zero attached hydrogens (tertiary/aromatic N) is 2. The van der Waals surface area contributed by atoms with Gasteiger partial charge in [0, 0.05) is 13.0 Å². The van der Waals surface area contributed by atoms with Crippen LogP contribution in [0, 0.1) is 0 Å². The van der Waals surface area contributed by atoms with Crippen molar-refractivity contribution in [3.05, 3.63) is 12.3 Å². The minimum Gasteiger partial charge on any atom is -0.474 e. The van der Waals surface area contributed by atoms with E-state index in [1.807, 2.05) is 0 Å². The molecule has 0 amide bonds. The lowest BCUT2D eigenvalue weighted by atomic mass is 10.3. The molecule has 5 nitrogen and oxygen atoms in total. The molecule has 1 aromatic rings. The second kappa shape index (κ2) is 3.08. The first-order chi connectivity index (χ1) is 6.25. The topological polar surface area (TPSA) is 53.4 Å². The SMILES string of the molecule is CC(=O)O[C@H]1COc2ccnn2C1. The minimum atomic E-state index is -0.288. The number of carbonyl (C=O) groups is 1. The number of esters is 1. The molecule has 0 radical (unpaired) electrons. The fraction of sp³-hybridized carbons (Fsp3) is 0.500. The summed E-state index contributed by atoms with van der Waals surface area (Å²) in [5, 5.41) is 4.01. The van der Waals surface area contributed by atoms with Crippen molar-refractivity contribution in [1.82, 2.24) is 9.78 Å². The molecule has 2 rings (SSSR count). The maximum Gasteiger partial charge on any atom is 0.303 e. The first-order valence-electron chi connectivity index (χ1n) is 4.07. The van der Waals surface area contributed by atoms with E-state index in [1.54, 1.807) is 16.9 Å². The maximum absolute atomic E-state index is 10.7. The monoisotopic (exact) mass is 182 g/mol. The quantitative estimate of drug-likeness (QED) is 0.582. The Balaban J connectivity index is 2.04. The maximum atomic E-state index is 10.7. The van der Waals surface area contributed by atoms with E-state index in [0.29, 0.717) is 13.2 Å². The largest absolute Gasteiger partial charge is 0.474 e. The second-order valence-electron chi connectivity index (χ2n) is 2.89. The van der Waals surface area contributed by atoms with Crippen molar-refractivity contribution in [3.8, 4) is 5.88 Å². The van der Waals surface area contributed by atoms with Gasteiger partial charge in [0.25, 0.3) is 0 Å². The van der Waals surface area contributed by atoms with E-state index >= 15 is 0 Å². The summed E-state index contributed by atoms with van der Waals surface area (Å²) in [7, 11) is 0. The van der Waals surface area contributed by atoms with Crippen LogP contribution < -0.4 is 4.74 Å². The number of fused-ring (bicyclic) bond motifs is 1. The lowest BCUT2D eigenvalue weighted by Gasteiger charge is -2.23. The Hall–Kier alpha value is -1.52. The Morgan fingerprint density at radius 2 is 2.69 bits per heavy atom. The number of aromatic nitrogens is 2. The summed E-state index contributed by atoms with van der Waals surface area (Å²) in [6.45, 7) is 2.37. The van der Waals surface area contributed by atoms with E-state index in [1.165, 1.54) is 6.92 Å². The molecule has 5 heteroatoms. The third-order valence-electron chi connectivity index (χ3n) is 1.80. The summed E-state index contributed by atoms with van der Waals surface area (Å²) in [6, 6.07) is 1.78. The van der Waals surface area contributed by atoms with Crippen molar-refractivity contribution in [2.75, 3.05) is 6.61 Å². The standard InChI is InChI=1S/C8H10N2O3/c1-6(11)13-7-4-10-8(12-5-7)2-3-9-10/h2-3,7H,4-5H2,1H3/t7-/m1/s1. The van der Waals surface area contributed by atoms with Crippen LogP contribution in [0.5, 0.6) is 5.88 Å². The molecule has 1 aromatic heterocycles. The van der Waals surface area contributed by atoms with Crippen LogP contribution >= 0.6 is 0 Å². The van der Waals surface area contributed by atoms with Crippen molar-refractivity contribution in [1.29, 1.82) is 0 Å². The average molecular weight is 182 g/mol. The predicted octanol–water partition coefficient (Wildman–Crippen LogP) is 0.207. The van der Waals surface area contributed by atoms with E-state index < -0.39 is 0 Å². The molecule has 70 valence electrons. The summed E-state index contributed by atoms with van der Waals surface area (Å²) < 4.78 is 12.0. The number of hydrogen-bond donors (Lipinski definition) is 0. The highest BCUT2D eigenvalue weighted by atomic mass is 16.6. The van der Waals surface area contributed by atoms with Crippen LogP contribution in [0.3, 0.4) is 0 Å². The van der Waals surface area contributed by atoms with Crippen LogP contribution in [0.15, 0.2) is 12.3 Å². The Morgan fingerprint density at radius 3 is 3.46 bits per heavy atom. The first kappa shape index (κ1) is 8.10. The van der Waals surface area contributed by atoms with E-state index in [9.17, 15) is 4.79 Å². The molecule has 1 aliphatic heterocycles. The van der Waals surface area contributed by atoms with Gasteiger partial charge in [-0.05, 0) is 0 Å². The van der Waals surface area contributed by atoms with E-state index in [0.717, 1.165) is 5.88 Å². The van der Waals surface area contributed by atoms with E-state index in [4.69, 9.17) is 9.47 Å². The van der Waals surface area contributed by atoms with Gasteiger partial charge in [0.2, 0.25) is 5.88 Å². The summed E-state index contributed by atoms with van der Waals surface area (Å²) in [4.78, 5) is 10.7. The van der Waals surface area contributed by atoms with Gasteiger partial charge in [0.05, 0.1) is 12.7 Å². The van der Waals surface area contributed by atoms with Gasteiger partial charge >= 0.3 is 5.97 Å². The smallest absolute Gasteiger partial charge is 0.303 e. The molecule has 0 spiro atoms. The lowest BCUT2D eigenvalue weighted by molar-refractivity contribution is -0.150. The highest BCUT2D eigenvalue weighted by Crippen LogP contribution is 2.16. The molecule has 0 fully saturated rings. The zero-order valence-corrected chi connectivity index (χ0v) is 7.27.